The molecule has 0 saturated carbocycles. The Morgan fingerprint density at radius 1 is 1.62 bits per heavy atom. The normalized spacial score (nSPS) is 18.3. The molecule has 0 aromatic carbocycles. The predicted molar refractivity (Wildman–Crippen MR) is 53.3 cm³/mol. The molecule has 1 rings (SSSR count). The molecule has 3 nitrogen and oxygen atoms in total. The molecular weight excluding hydrogens is 184 g/mol. The van der Waals surface area contributed by atoms with Gasteiger partial charge in [-0.15, -0.1) is 0 Å². The molecule has 0 radical (unpaired) electrons. The third-order valence-electron chi connectivity index (χ3n) is 2.30. The summed E-state index contributed by atoms with van der Waals surface area (Å²) in [5.74, 6) is 0.944. The van der Waals surface area contributed by atoms with Gasteiger partial charge in [0.05, 0.1) is 11.8 Å². The molecule has 0 bridgehead atoms. The maximum absolute atomic E-state index is 11.4. The van der Waals surface area contributed by atoms with Crippen molar-refractivity contribution in [1.82, 2.24) is 4.90 Å². The first-order chi connectivity index (χ1) is 6.27. The first-order valence-corrected chi connectivity index (χ1v) is 5.83. The van der Waals surface area contributed by atoms with Gasteiger partial charge in [-0.2, -0.15) is 17.0 Å². The Labute approximate surface area is 83.1 Å². The molecule has 13 heavy (non-hydrogen) atoms. The Hall–Kier alpha value is -0.690. The summed E-state index contributed by atoms with van der Waals surface area (Å²) in [6, 6.07) is 2.25. The number of nitriles is 1. The fourth-order valence-corrected chi connectivity index (χ4v) is 1.90. The van der Waals surface area contributed by atoms with Crippen LogP contribution in [0, 0.1) is 17.2 Å². The number of carbonyl (C=O) groups is 1. The third-order valence-corrected chi connectivity index (χ3v) is 2.83. The summed E-state index contributed by atoms with van der Waals surface area (Å²) in [6.45, 7) is 1.52. The Morgan fingerprint density at radius 2 is 2.23 bits per heavy atom. The average molecular weight is 198 g/mol. The quantitative estimate of drug-likeness (QED) is 0.667. The number of hydrogen-bond donors (Lipinski definition) is 0. The van der Waals surface area contributed by atoms with Crippen LogP contribution in [-0.2, 0) is 4.79 Å². The van der Waals surface area contributed by atoms with Crippen LogP contribution in [0.2, 0.25) is 0 Å². The highest BCUT2D eigenvalue weighted by Gasteiger charge is 2.21. The van der Waals surface area contributed by atoms with Gasteiger partial charge in [0.15, 0.2) is 0 Å². The second-order valence-corrected chi connectivity index (χ2v) is 4.08. The van der Waals surface area contributed by atoms with Gasteiger partial charge in [-0.25, -0.2) is 0 Å². The van der Waals surface area contributed by atoms with Gasteiger partial charge in [-0.05, 0) is 19.1 Å². The van der Waals surface area contributed by atoms with Gasteiger partial charge >= 0.3 is 0 Å². The number of thioether (sulfide) groups is 1. The minimum atomic E-state index is 0.165. The van der Waals surface area contributed by atoms with Crippen LogP contribution in [0.1, 0.15) is 12.8 Å². The molecule has 1 heterocycles. The number of carbonyl (C=O) groups excluding carboxylic acids is 1. The van der Waals surface area contributed by atoms with Crippen molar-refractivity contribution in [2.24, 2.45) is 5.92 Å². The Morgan fingerprint density at radius 3 is 2.69 bits per heavy atom. The maximum atomic E-state index is 11.4. The lowest BCUT2D eigenvalue weighted by molar-refractivity contribution is -0.129. The van der Waals surface area contributed by atoms with Crippen molar-refractivity contribution >= 4 is 17.7 Å². The molecule has 72 valence electrons. The van der Waals surface area contributed by atoms with E-state index in [1.807, 2.05) is 11.2 Å². The first kappa shape index (κ1) is 10.4. The summed E-state index contributed by atoms with van der Waals surface area (Å²) in [7, 11) is 0. The van der Waals surface area contributed by atoms with Crippen molar-refractivity contribution in [3.05, 3.63) is 0 Å². The molecule has 1 aliphatic rings. The van der Waals surface area contributed by atoms with Gasteiger partial charge in [-0.3, -0.25) is 4.79 Å². The van der Waals surface area contributed by atoms with Crippen molar-refractivity contribution < 1.29 is 4.79 Å². The van der Waals surface area contributed by atoms with E-state index in [0.29, 0.717) is 5.75 Å². The zero-order chi connectivity index (χ0) is 9.68. The van der Waals surface area contributed by atoms with E-state index in [1.165, 1.54) is 0 Å². The molecule has 1 fully saturated rings. The highest BCUT2D eigenvalue weighted by atomic mass is 32.2. The fourth-order valence-electron chi connectivity index (χ4n) is 1.47. The van der Waals surface area contributed by atoms with Gasteiger partial charge in [0.25, 0.3) is 0 Å². The van der Waals surface area contributed by atoms with Crippen molar-refractivity contribution in [1.29, 1.82) is 5.26 Å². The number of rotatable bonds is 2. The van der Waals surface area contributed by atoms with Crippen molar-refractivity contribution in [2.45, 2.75) is 12.8 Å². The van der Waals surface area contributed by atoms with Crippen LogP contribution in [0.25, 0.3) is 0 Å². The zero-order valence-corrected chi connectivity index (χ0v) is 8.64. The van der Waals surface area contributed by atoms with Crippen molar-refractivity contribution in [3.8, 4) is 6.07 Å². The lowest BCUT2D eigenvalue weighted by atomic mass is 9.99. The predicted octanol–water partition coefficient (Wildman–Crippen LogP) is 1.11. The van der Waals surface area contributed by atoms with E-state index in [-0.39, 0.29) is 11.8 Å². The largest absolute Gasteiger partial charge is 0.342 e. The molecule has 0 unspecified atom stereocenters. The standard InChI is InChI=1S/C9H14N2OS/c1-13-7-9(12)11-4-2-8(6-10)3-5-11/h8H,2-5,7H2,1H3. The average Bonchev–Trinajstić information content (AvgIpc) is 2.18. The molecule has 0 N–H and O–H groups in total. The van der Waals surface area contributed by atoms with Gasteiger partial charge in [0, 0.05) is 19.0 Å². The number of piperidine rings is 1. The second kappa shape index (κ2) is 5.13. The van der Waals surface area contributed by atoms with E-state index < -0.39 is 0 Å². The molecule has 0 aromatic heterocycles. The SMILES string of the molecule is CSCC(=O)N1CCC(C#N)CC1. The smallest absolute Gasteiger partial charge is 0.232 e. The summed E-state index contributed by atoms with van der Waals surface area (Å²) >= 11 is 1.55. The van der Waals surface area contributed by atoms with Gasteiger partial charge in [-0.1, -0.05) is 0 Å². The van der Waals surface area contributed by atoms with E-state index in [9.17, 15) is 4.79 Å². The van der Waals surface area contributed by atoms with E-state index >= 15 is 0 Å². The summed E-state index contributed by atoms with van der Waals surface area (Å²) < 4.78 is 0. The molecule has 4 heteroatoms. The zero-order valence-electron chi connectivity index (χ0n) is 7.82. The third kappa shape index (κ3) is 2.92. The minimum absolute atomic E-state index is 0.165. The van der Waals surface area contributed by atoms with Crippen molar-refractivity contribution in [2.75, 3.05) is 25.1 Å². The molecule has 1 saturated heterocycles. The van der Waals surface area contributed by atoms with Crippen LogP contribution >= 0.6 is 11.8 Å². The first-order valence-electron chi connectivity index (χ1n) is 4.44. The monoisotopic (exact) mass is 198 g/mol. The van der Waals surface area contributed by atoms with E-state index in [2.05, 4.69) is 6.07 Å². The molecule has 0 spiro atoms. The van der Waals surface area contributed by atoms with Crippen LogP contribution in [0.3, 0.4) is 0 Å². The van der Waals surface area contributed by atoms with Crippen LogP contribution in [0.15, 0.2) is 0 Å². The summed E-state index contributed by atoms with van der Waals surface area (Å²) in [6.07, 6.45) is 3.62. The molecule has 0 aliphatic carbocycles. The van der Waals surface area contributed by atoms with Gasteiger partial charge < -0.3 is 4.90 Å². The topological polar surface area (TPSA) is 44.1 Å². The van der Waals surface area contributed by atoms with Crippen molar-refractivity contribution in [3.63, 3.8) is 0 Å². The van der Waals surface area contributed by atoms with Crippen LogP contribution in [0.5, 0.6) is 0 Å². The number of hydrogen-bond acceptors (Lipinski definition) is 3. The molecular formula is C9H14N2OS. The Kier molecular flexibility index (Phi) is 4.10. The summed E-state index contributed by atoms with van der Waals surface area (Å²) in [4.78, 5) is 13.3. The maximum Gasteiger partial charge on any atom is 0.232 e. The van der Waals surface area contributed by atoms with E-state index in [1.54, 1.807) is 11.8 Å². The Bertz CT molecular complexity index is 216. The van der Waals surface area contributed by atoms with Gasteiger partial charge in [0.2, 0.25) is 5.91 Å². The molecule has 1 aliphatic heterocycles. The molecule has 1 amide bonds. The van der Waals surface area contributed by atoms with E-state index in [0.717, 1.165) is 25.9 Å². The number of nitrogens with zero attached hydrogens (tertiary/aromatic N) is 2. The second-order valence-electron chi connectivity index (χ2n) is 3.22. The summed E-state index contributed by atoms with van der Waals surface area (Å²) in [5, 5.41) is 8.66. The number of amides is 1. The highest BCUT2D eigenvalue weighted by Crippen LogP contribution is 2.16. The lowest BCUT2D eigenvalue weighted by Crippen LogP contribution is -2.39. The minimum Gasteiger partial charge on any atom is -0.342 e. The molecule has 0 aromatic rings. The highest BCUT2D eigenvalue weighted by molar-refractivity contribution is 7.99. The fraction of sp³-hybridized carbons (Fsp3) is 0.778. The Balaban J connectivity index is 2.33. The van der Waals surface area contributed by atoms with Crippen LogP contribution < -0.4 is 0 Å². The van der Waals surface area contributed by atoms with Gasteiger partial charge in [0.1, 0.15) is 0 Å². The number of likely N-dealkylation sites (tertiary alicyclic amines) is 1. The summed E-state index contributed by atoms with van der Waals surface area (Å²) in [5.41, 5.74) is 0. The van der Waals surface area contributed by atoms with Crippen LogP contribution in [0.4, 0.5) is 0 Å². The van der Waals surface area contributed by atoms with Crippen LogP contribution in [-0.4, -0.2) is 35.9 Å². The lowest BCUT2D eigenvalue weighted by Gasteiger charge is -2.28. The molecule has 0 atom stereocenters. The van der Waals surface area contributed by atoms with E-state index in [4.69, 9.17) is 5.26 Å².